The van der Waals surface area contributed by atoms with Crippen LogP contribution in [0.2, 0.25) is 0 Å². The fourth-order valence-electron chi connectivity index (χ4n) is 2.98. The average molecular weight is 445 g/mol. The average Bonchev–Trinajstić information content (AvgIpc) is 3.19. The van der Waals surface area contributed by atoms with Crippen molar-refractivity contribution in [3.63, 3.8) is 0 Å². The molecule has 0 bridgehead atoms. The fourth-order valence-corrected chi connectivity index (χ4v) is 4.82. The van der Waals surface area contributed by atoms with Crippen LogP contribution < -0.4 is 0 Å². The van der Waals surface area contributed by atoms with E-state index in [0.717, 1.165) is 20.2 Å². The minimum atomic E-state index is -3.59. The molecule has 0 amide bonds. The lowest BCUT2D eigenvalue weighted by Crippen LogP contribution is -2.27. The third-order valence-corrected chi connectivity index (χ3v) is 7.65. The van der Waals surface area contributed by atoms with E-state index in [4.69, 9.17) is 0 Å². The van der Waals surface area contributed by atoms with Crippen molar-refractivity contribution in [3.05, 3.63) is 78.1 Å². The van der Waals surface area contributed by atoms with Gasteiger partial charge >= 0.3 is 10.2 Å². The summed E-state index contributed by atoms with van der Waals surface area (Å²) in [5.74, 6) is 0.643. The molecule has 0 saturated carbocycles. The van der Waals surface area contributed by atoms with Crippen molar-refractivity contribution in [1.29, 1.82) is 0 Å². The molecule has 1 atom stereocenters. The zero-order chi connectivity index (χ0) is 21.9. The summed E-state index contributed by atoms with van der Waals surface area (Å²) in [6, 6.07) is 12.5. The second-order valence-electron chi connectivity index (χ2n) is 8.34. The van der Waals surface area contributed by atoms with Gasteiger partial charge in [-0.05, 0) is 34.7 Å². The Morgan fingerprint density at radius 3 is 2.40 bits per heavy atom. The van der Waals surface area contributed by atoms with Crippen LogP contribution in [0.1, 0.15) is 43.5 Å². The number of benzene rings is 1. The van der Waals surface area contributed by atoms with Crippen molar-refractivity contribution in [3.8, 4) is 0 Å². The van der Waals surface area contributed by atoms with Crippen LogP contribution in [0.25, 0.3) is 0 Å². The Balaban J connectivity index is 1.85. The lowest BCUT2D eigenvalue weighted by Gasteiger charge is -2.19. The number of pyridine rings is 1. The lowest BCUT2D eigenvalue weighted by atomic mass is 9.87. The highest BCUT2D eigenvalue weighted by Crippen LogP contribution is 2.32. The molecule has 1 unspecified atom stereocenters. The van der Waals surface area contributed by atoms with Gasteiger partial charge in [-0.1, -0.05) is 39.0 Å². The second-order valence-corrected chi connectivity index (χ2v) is 11.5. The summed E-state index contributed by atoms with van der Waals surface area (Å²) in [6.07, 6.45) is 6.49. The standard InChI is InChI=1S/C22H28N4O2S2/c1-22(2,3)18-8-10-19(11-9-18)29-15-20(17-7-6-12-23-13-17)21-14-26(16-24-21)30(27,28)25(4)5/h6-14,16,20H,15H2,1-5H3. The van der Waals surface area contributed by atoms with Gasteiger partial charge < -0.3 is 0 Å². The second kappa shape index (κ2) is 8.91. The molecular formula is C22H28N4O2S2. The van der Waals surface area contributed by atoms with E-state index in [9.17, 15) is 8.42 Å². The van der Waals surface area contributed by atoms with Crippen molar-refractivity contribution in [2.24, 2.45) is 0 Å². The summed E-state index contributed by atoms with van der Waals surface area (Å²) in [5.41, 5.74) is 3.12. The molecule has 0 fully saturated rings. The van der Waals surface area contributed by atoms with Crippen molar-refractivity contribution in [2.45, 2.75) is 37.0 Å². The third kappa shape index (κ3) is 5.11. The van der Waals surface area contributed by atoms with Crippen LogP contribution in [-0.2, 0) is 15.6 Å². The molecular weight excluding hydrogens is 416 g/mol. The number of rotatable bonds is 7. The molecule has 2 aromatic heterocycles. The first-order valence-electron chi connectivity index (χ1n) is 9.69. The maximum Gasteiger partial charge on any atom is 0.308 e. The molecule has 2 heterocycles. The molecule has 0 radical (unpaired) electrons. The maximum absolute atomic E-state index is 12.4. The Hall–Kier alpha value is -2.16. The van der Waals surface area contributed by atoms with Gasteiger partial charge in [0.2, 0.25) is 0 Å². The number of aromatic nitrogens is 3. The highest BCUT2D eigenvalue weighted by Gasteiger charge is 2.22. The van der Waals surface area contributed by atoms with E-state index in [2.05, 4.69) is 55.0 Å². The van der Waals surface area contributed by atoms with Crippen LogP contribution in [0.15, 0.2) is 66.2 Å². The molecule has 0 aliphatic heterocycles. The first-order chi connectivity index (χ1) is 14.1. The monoisotopic (exact) mass is 444 g/mol. The maximum atomic E-state index is 12.4. The Kier molecular flexibility index (Phi) is 6.69. The summed E-state index contributed by atoms with van der Waals surface area (Å²) in [4.78, 5) is 9.82. The van der Waals surface area contributed by atoms with Crippen LogP contribution in [0.3, 0.4) is 0 Å². The Bertz CT molecular complexity index is 1070. The summed E-state index contributed by atoms with van der Waals surface area (Å²) in [5, 5.41) is 0. The molecule has 160 valence electrons. The van der Waals surface area contributed by atoms with E-state index in [-0.39, 0.29) is 11.3 Å². The zero-order valence-electron chi connectivity index (χ0n) is 18.0. The summed E-state index contributed by atoms with van der Waals surface area (Å²) in [7, 11) is -0.583. The minimum Gasteiger partial charge on any atom is -0.264 e. The first kappa shape index (κ1) is 22.5. The smallest absolute Gasteiger partial charge is 0.264 e. The molecule has 8 heteroatoms. The van der Waals surface area contributed by atoms with Gasteiger partial charge in [0.05, 0.1) is 5.69 Å². The molecule has 0 saturated heterocycles. The minimum absolute atomic E-state index is 0.0791. The molecule has 3 aromatic rings. The molecule has 1 aromatic carbocycles. The number of imidazole rings is 1. The van der Waals surface area contributed by atoms with Gasteiger partial charge in [0, 0.05) is 49.3 Å². The first-order valence-corrected chi connectivity index (χ1v) is 12.1. The van der Waals surface area contributed by atoms with Crippen LogP contribution in [0, 0.1) is 0 Å². The molecule has 0 spiro atoms. The van der Waals surface area contributed by atoms with Crippen LogP contribution in [0.4, 0.5) is 0 Å². The number of thioether (sulfide) groups is 1. The van der Waals surface area contributed by atoms with E-state index >= 15 is 0 Å². The highest BCUT2D eigenvalue weighted by molar-refractivity contribution is 7.99. The number of hydrogen-bond acceptors (Lipinski definition) is 5. The fraction of sp³-hybridized carbons (Fsp3) is 0.364. The molecule has 0 aliphatic carbocycles. The van der Waals surface area contributed by atoms with Gasteiger partial charge in [-0.15, -0.1) is 11.8 Å². The van der Waals surface area contributed by atoms with Gasteiger partial charge in [-0.3, -0.25) is 4.98 Å². The SMILES string of the molecule is CN(C)S(=O)(=O)n1cnc(C(CSc2ccc(C(C)(C)C)cc2)c2cccnc2)c1. The van der Waals surface area contributed by atoms with Crippen molar-refractivity contribution >= 4 is 22.0 Å². The van der Waals surface area contributed by atoms with E-state index in [1.165, 1.54) is 30.3 Å². The van der Waals surface area contributed by atoms with Crippen LogP contribution >= 0.6 is 11.8 Å². The van der Waals surface area contributed by atoms with Crippen LogP contribution in [-0.4, -0.2) is 46.5 Å². The molecule has 0 N–H and O–H groups in total. The van der Waals surface area contributed by atoms with Crippen molar-refractivity contribution < 1.29 is 8.42 Å². The van der Waals surface area contributed by atoms with E-state index in [0.29, 0.717) is 5.69 Å². The quantitative estimate of drug-likeness (QED) is 0.512. The topological polar surface area (TPSA) is 68.1 Å². The normalized spacial score (nSPS) is 13.5. The van der Waals surface area contributed by atoms with Gasteiger partial charge in [0.1, 0.15) is 6.33 Å². The van der Waals surface area contributed by atoms with Gasteiger partial charge in [0.25, 0.3) is 0 Å². The summed E-state index contributed by atoms with van der Waals surface area (Å²) in [6.45, 7) is 6.60. The highest BCUT2D eigenvalue weighted by atomic mass is 32.2. The van der Waals surface area contributed by atoms with Gasteiger partial charge in [-0.2, -0.15) is 12.7 Å². The Labute approximate surface area is 183 Å². The molecule has 6 nitrogen and oxygen atoms in total. The van der Waals surface area contributed by atoms with E-state index < -0.39 is 10.2 Å². The zero-order valence-corrected chi connectivity index (χ0v) is 19.6. The van der Waals surface area contributed by atoms with E-state index in [1.54, 1.807) is 24.2 Å². The van der Waals surface area contributed by atoms with Gasteiger partial charge in [-0.25, -0.2) is 8.96 Å². The predicted octanol–water partition coefficient (Wildman–Crippen LogP) is 4.15. The van der Waals surface area contributed by atoms with Crippen LogP contribution in [0.5, 0.6) is 0 Å². The summed E-state index contributed by atoms with van der Waals surface area (Å²) < 4.78 is 27.2. The lowest BCUT2D eigenvalue weighted by molar-refractivity contribution is 0.510. The number of hydrogen-bond donors (Lipinski definition) is 0. The van der Waals surface area contributed by atoms with Crippen molar-refractivity contribution in [1.82, 2.24) is 18.2 Å². The molecule has 0 aliphatic rings. The van der Waals surface area contributed by atoms with Crippen molar-refractivity contribution in [2.75, 3.05) is 19.8 Å². The Morgan fingerprint density at radius 2 is 1.83 bits per heavy atom. The van der Waals surface area contributed by atoms with Gasteiger partial charge in [0.15, 0.2) is 0 Å². The molecule has 3 rings (SSSR count). The summed E-state index contributed by atoms with van der Waals surface area (Å²) >= 11 is 1.72. The Morgan fingerprint density at radius 1 is 1.13 bits per heavy atom. The largest absolute Gasteiger partial charge is 0.308 e. The van der Waals surface area contributed by atoms with E-state index in [1.807, 2.05) is 18.3 Å². The third-order valence-electron chi connectivity index (χ3n) is 4.89. The number of nitrogens with zero attached hydrogens (tertiary/aromatic N) is 4. The molecule has 30 heavy (non-hydrogen) atoms. The predicted molar refractivity (Wildman–Crippen MR) is 122 cm³/mol.